The Bertz CT molecular complexity index is 509. The molecule has 6 nitrogen and oxygen atoms in total. The normalized spacial score (nSPS) is 32.6. The quantitative estimate of drug-likeness (QED) is 0.480. The summed E-state index contributed by atoms with van der Waals surface area (Å²) in [6, 6.07) is 0. The maximum absolute atomic E-state index is 10.9. The molecule has 8 heteroatoms. The van der Waals surface area contributed by atoms with Crippen LogP contribution in [0.2, 0.25) is 22.2 Å². The molecule has 4 atom stereocenters. The number of hydrogen-bond donors (Lipinski definition) is 1. The summed E-state index contributed by atoms with van der Waals surface area (Å²) in [6.45, 7) is 21.7. The molecule has 28 heavy (non-hydrogen) atoms. The highest BCUT2D eigenvalue weighted by molar-refractivity contribution is 6.83. The lowest BCUT2D eigenvalue weighted by Gasteiger charge is -2.51. The second kappa shape index (κ2) is 9.38. The zero-order chi connectivity index (χ0) is 21.3. The van der Waals surface area contributed by atoms with Crippen molar-refractivity contribution in [1.29, 1.82) is 0 Å². The highest BCUT2D eigenvalue weighted by Gasteiger charge is 2.61. The number of aliphatic hydroxyl groups excluding tert-OH is 1. The minimum Gasteiger partial charge on any atom is -0.414 e. The van der Waals surface area contributed by atoms with Crippen LogP contribution in [0, 0.1) is 0 Å². The highest BCUT2D eigenvalue weighted by atomic mass is 28.5. The van der Waals surface area contributed by atoms with Gasteiger partial charge in [0.05, 0.1) is 13.2 Å². The van der Waals surface area contributed by atoms with Crippen LogP contribution in [0.5, 0.6) is 0 Å². The molecule has 2 rings (SSSR count). The number of hydrogen-bond acceptors (Lipinski definition) is 6. The Morgan fingerprint density at radius 1 is 1.00 bits per heavy atom. The maximum Gasteiger partial charge on any atom is 0.335 e. The Kier molecular flexibility index (Phi) is 8.11. The van der Waals surface area contributed by atoms with E-state index in [1.54, 1.807) is 6.08 Å². The van der Waals surface area contributed by atoms with Crippen molar-refractivity contribution < 1.29 is 27.5 Å². The van der Waals surface area contributed by atoms with E-state index in [0.717, 1.165) is 0 Å². The van der Waals surface area contributed by atoms with Gasteiger partial charge < -0.3 is 27.5 Å². The molecule has 0 aromatic heterocycles. The van der Waals surface area contributed by atoms with Crippen molar-refractivity contribution in [2.45, 2.75) is 102 Å². The third-order valence-corrected chi connectivity index (χ3v) is 16.2. The minimum absolute atomic E-state index is 0.208. The molecule has 1 N–H and O–H groups in total. The molecule has 0 spiro atoms. The largest absolute Gasteiger partial charge is 0.414 e. The molecule has 0 bridgehead atoms. The van der Waals surface area contributed by atoms with Crippen molar-refractivity contribution in [3.8, 4) is 0 Å². The molecule has 0 aromatic carbocycles. The van der Waals surface area contributed by atoms with Crippen LogP contribution in [0.25, 0.3) is 0 Å². The number of rotatable bonds is 7. The first-order chi connectivity index (χ1) is 13.0. The lowest BCUT2D eigenvalue weighted by molar-refractivity contribution is -0.162. The maximum atomic E-state index is 10.9. The summed E-state index contributed by atoms with van der Waals surface area (Å²) in [4.78, 5) is 0. The lowest BCUT2D eigenvalue weighted by atomic mass is 10.1. The average Bonchev–Trinajstić information content (AvgIpc) is 2.87. The first kappa shape index (κ1) is 24.2. The molecule has 0 radical (unpaired) electrons. The topological polar surface area (TPSA) is 66.4 Å². The van der Waals surface area contributed by atoms with Gasteiger partial charge in [0.2, 0.25) is 0 Å². The SMILES string of the molecule is C=CCO[C@@H]1O[C@@H]2CO[Si](C(C)C)(C(C)C)O[Si](C(C)C)(C(C)C)O[C@H]2[C@@H]1O. The van der Waals surface area contributed by atoms with Crippen molar-refractivity contribution in [2.24, 2.45) is 0 Å². The molecule has 2 fully saturated rings. The summed E-state index contributed by atoms with van der Waals surface area (Å²) in [5, 5.41) is 10.9. The van der Waals surface area contributed by atoms with Crippen LogP contribution < -0.4 is 0 Å². The van der Waals surface area contributed by atoms with Crippen molar-refractivity contribution in [3.05, 3.63) is 12.7 Å². The molecule has 164 valence electrons. The van der Waals surface area contributed by atoms with Gasteiger partial charge in [0.25, 0.3) is 0 Å². The summed E-state index contributed by atoms with van der Waals surface area (Å²) >= 11 is 0. The van der Waals surface area contributed by atoms with E-state index < -0.39 is 35.6 Å². The Labute approximate surface area is 173 Å². The van der Waals surface area contributed by atoms with E-state index in [4.69, 9.17) is 22.4 Å². The molecule has 2 saturated heterocycles. The van der Waals surface area contributed by atoms with Crippen molar-refractivity contribution in [2.75, 3.05) is 13.2 Å². The molecular formula is C20H40O6Si2. The summed E-state index contributed by atoms with van der Waals surface area (Å²) in [5.74, 6) is 0. The van der Waals surface area contributed by atoms with Gasteiger partial charge in [-0.25, -0.2) is 0 Å². The van der Waals surface area contributed by atoms with E-state index in [1.807, 2.05) is 0 Å². The number of fused-ring (bicyclic) bond motifs is 1. The van der Waals surface area contributed by atoms with Crippen LogP contribution >= 0.6 is 0 Å². The smallest absolute Gasteiger partial charge is 0.335 e. The molecule has 0 unspecified atom stereocenters. The van der Waals surface area contributed by atoms with Crippen molar-refractivity contribution in [1.82, 2.24) is 0 Å². The highest BCUT2D eigenvalue weighted by Crippen LogP contribution is 2.47. The first-order valence-electron chi connectivity index (χ1n) is 10.6. The van der Waals surface area contributed by atoms with Crippen LogP contribution in [-0.2, 0) is 22.4 Å². The van der Waals surface area contributed by atoms with Gasteiger partial charge in [-0.2, -0.15) is 0 Å². The molecule has 2 aliphatic heterocycles. The molecular weight excluding hydrogens is 392 g/mol. The predicted molar refractivity (Wildman–Crippen MR) is 115 cm³/mol. The van der Waals surface area contributed by atoms with Gasteiger partial charge in [0.15, 0.2) is 6.29 Å². The van der Waals surface area contributed by atoms with Gasteiger partial charge in [-0.1, -0.05) is 61.5 Å². The Balaban J connectivity index is 2.47. The van der Waals surface area contributed by atoms with Crippen LogP contribution in [0.15, 0.2) is 12.7 Å². The van der Waals surface area contributed by atoms with Crippen molar-refractivity contribution in [3.63, 3.8) is 0 Å². The average molecular weight is 433 g/mol. The first-order valence-corrected chi connectivity index (χ1v) is 14.5. The number of ether oxygens (including phenoxy) is 2. The van der Waals surface area contributed by atoms with E-state index in [2.05, 4.69) is 62.0 Å². The monoisotopic (exact) mass is 432 g/mol. The fourth-order valence-corrected chi connectivity index (χ4v) is 15.6. The van der Waals surface area contributed by atoms with Gasteiger partial charge in [0.1, 0.15) is 18.3 Å². The van der Waals surface area contributed by atoms with E-state index in [0.29, 0.717) is 13.2 Å². The molecule has 2 heterocycles. The van der Waals surface area contributed by atoms with Crippen LogP contribution in [0.3, 0.4) is 0 Å². The van der Waals surface area contributed by atoms with Gasteiger partial charge in [0, 0.05) is 0 Å². The van der Waals surface area contributed by atoms with E-state index in [-0.39, 0.29) is 28.3 Å². The fraction of sp³-hybridized carbons (Fsp3) is 0.900. The van der Waals surface area contributed by atoms with E-state index >= 15 is 0 Å². The summed E-state index contributed by atoms with van der Waals surface area (Å²) < 4.78 is 32.2. The predicted octanol–water partition coefficient (Wildman–Crippen LogP) is 4.23. The van der Waals surface area contributed by atoms with Crippen LogP contribution in [0.4, 0.5) is 0 Å². The fourth-order valence-electron chi connectivity index (χ4n) is 4.42. The lowest BCUT2D eigenvalue weighted by Crippen LogP contribution is -2.65. The van der Waals surface area contributed by atoms with Gasteiger partial charge in [-0.05, 0) is 22.2 Å². The minimum atomic E-state index is -2.75. The third-order valence-electron chi connectivity index (χ3n) is 6.00. The summed E-state index contributed by atoms with van der Waals surface area (Å²) in [5.41, 5.74) is 0.964. The standard InChI is InChI=1S/C20H40O6Si2/c1-10-11-22-20-18(21)19-17(24-20)12-23-27(13(2)3,14(4)5)26-28(25-19,15(6)7)16(8)9/h10,13-21H,1,11-12H2,2-9H3/t17-,18+,19-,20-/m1/s1. The molecule has 0 aliphatic carbocycles. The molecule has 0 aromatic rings. The van der Waals surface area contributed by atoms with Crippen LogP contribution in [-0.4, -0.2) is 60.0 Å². The third kappa shape index (κ3) is 4.34. The van der Waals surface area contributed by atoms with Crippen molar-refractivity contribution >= 4 is 17.1 Å². The van der Waals surface area contributed by atoms with Crippen LogP contribution in [0.1, 0.15) is 55.4 Å². The summed E-state index contributed by atoms with van der Waals surface area (Å²) in [7, 11) is -5.34. The number of aliphatic hydroxyl groups is 1. The molecule has 2 aliphatic rings. The Hall–Kier alpha value is -0.0662. The summed E-state index contributed by atoms with van der Waals surface area (Å²) in [6.07, 6.45) is -0.864. The van der Waals surface area contributed by atoms with E-state index in [9.17, 15) is 5.11 Å². The zero-order valence-electron chi connectivity index (χ0n) is 18.8. The van der Waals surface area contributed by atoms with Gasteiger partial charge in [-0.3, -0.25) is 0 Å². The molecule has 0 amide bonds. The molecule has 0 saturated carbocycles. The Morgan fingerprint density at radius 2 is 1.54 bits per heavy atom. The Morgan fingerprint density at radius 3 is 2.00 bits per heavy atom. The van der Waals surface area contributed by atoms with Gasteiger partial charge >= 0.3 is 17.1 Å². The second-order valence-corrected chi connectivity index (χ2v) is 18.1. The zero-order valence-corrected chi connectivity index (χ0v) is 20.8. The second-order valence-electron chi connectivity index (χ2n) is 9.21. The van der Waals surface area contributed by atoms with Gasteiger partial charge in [-0.15, -0.1) is 6.58 Å². The van der Waals surface area contributed by atoms with E-state index in [1.165, 1.54) is 0 Å².